The topological polar surface area (TPSA) is 76.2 Å². The van der Waals surface area contributed by atoms with Gasteiger partial charge in [-0.05, 0) is 0 Å². The van der Waals surface area contributed by atoms with Gasteiger partial charge in [-0.25, -0.2) is 9.78 Å². The van der Waals surface area contributed by atoms with Gasteiger partial charge in [-0.1, -0.05) is 30.3 Å². The van der Waals surface area contributed by atoms with Crippen LogP contribution in [0.4, 0.5) is 0 Å². The first-order chi connectivity index (χ1) is 7.72. The third-order valence-corrected chi connectivity index (χ3v) is 3.24. The zero-order chi connectivity index (χ0) is 11.5. The van der Waals surface area contributed by atoms with Crippen molar-refractivity contribution < 1.29 is 9.90 Å². The molecule has 0 saturated heterocycles. The van der Waals surface area contributed by atoms with E-state index >= 15 is 0 Å². The molecule has 0 radical (unpaired) electrons. The lowest BCUT2D eigenvalue weighted by Gasteiger charge is -1.92. The van der Waals surface area contributed by atoms with Gasteiger partial charge in [0.1, 0.15) is 9.88 Å². The van der Waals surface area contributed by atoms with E-state index in [0.29, 0.717) is 10.7 Å². The lowest BCUT2D eigenvalue weighted by atomic mass is 10.2. The van der Waals surface area contributed by atoms with E-state index in [4.69, 9.17) is 10.8 Å². The van der Waals surface area contributed by atoms with Gasteiger partial charge in [0.15, 0.2) is 0 Å². The molecule has 16 heavy (non-hydrogen) atoms. The smallest absolute Gasteiger partial charge is 0.347 e. The predicted octanol–water partition coefficient (Wildman–Crippen LogP) is 1.97. The van der Waals surface area contributed by atoms with E-state index in [2.05, 4.69) is 4.98 Å². The highest BCUT2D eigenvalue weighted by Gasteiger charge is 2.16. The van der Waals surface area contributed by atoms with Crippen molar-refractivity contribution >= 4 is 17.3 Å². The van der Waals surface area contributed by atoms with Gasteiger partial charge in [0.25, 0.3) is 0 Å². The predicted molar refractivity (Wildman–Crippen MR) is 62.4 cm³/mol. The van der Waals surface area contributed by atoms with Crippen LogP contribution in [0, 0.1) is 0 Å². The number of aromatic carboxylic acids is 1. The van der Waals surface area contributed by atoms with E-state index in [9.17, 15) is 4.79 Å². The van der Waals surface area contributed by atoms with Crippen LogP contribution in [0.15, 0.2) is 30.3 Å². The lowest BCUT2D eigenvalue weighted by Crippen LogP contribution is -2.04. The fourth-order valence-corrected chi connectivity index (χ4v) is 2.30. The van der Waals surface area contributed by atoms with Crippen LogP contribution in [0.2, 0.25) is 0 Å². The molecule has 2 rings (SSSR count). The van der Waals surface area contributed by atoms with Gasteiger partial charge in [0.2, 0.25) is 0 Å². The Morgan fingerprint density at radius 3 is 2.56 bits per heavy atom. The molecule has 0 atom stereocenters. The van der Waals surface area contributed by atoms with E-state index in [1.54, 1.807) is 0 Å². The number of hydrogen-bond donors (Lipinski definition) is 2. The molecule has 5 heteroatoms. The maximum absolute atomic E-state index is 10.9. The average molecular weight is 234 g/mol. The molecular formula is C11H10N2O2S. The van der Waals surface area contributed by atoms with Gasteiger partial charge in [-0.3, -0.25) is 0 Å². The molecule has 4 nitrogen and oxygen atoms in total. The standard InChI is InChI=1S/C11H10N2O2S/c12-6-8-9(11(14)15)16-10(13-8)7-4-2-1-3-5-7/h1-5H,6,12H2,(H,14,15). The summed E-state index contributed by atoms with van der Waals surface area (Å²) in [6.07, 6.45) is 0. The monoisotopic (exact) mass is 234 g/mol. The van der Waals surface area contributed by atoms with Crippen LogP contribution < -0.4 is 5.73 Å². The Kier molecular flexibility index (Phi) is 2.98. The van der Waals surface area contributed by atoms with Gasteiger partial charge >= 0.3 is 5.97 Å². The molecule has 0 fully saturated rings. The minimum atomic E-state index is -0.972. The normalized spacial score (nSPS) is 10.3. The Hall–Kier alpha value is -1.72. The fourth-order valence-electron chi connectivity index (χ4n) is 1.36. The van der Waals surface area contributed by atoms with E-state index < -0.39 is 5.97 Å². The Morgan fingerprint density at radius 2 is 2.06 bits per heavy atom. The summed E-state index contributed by atoms with van der Waals surface area (Å²) >= 11 is 1.15. The van der Waals surface area contributed by atoms with Crippen LogP contribution in [0.5, 0.6) is 0 Å². The number of carboxylic acid groups (broad SMARTS) is 1. The number of thiazole rings is 1. The van der Waals surface area contributed by atoms with Crippen molar-refractivity contribution in [3.63, 3.8) is 0 Å². The molecule has 1 heterocycles. The maximum atomic E-state index is 10.9. The fraction of sp³-hybridized carbons (Fsp3) is 0.0909. The highest BCUT2D eigenvalue weighted by atomic mass is 32.1. The Balaban J connectivity index is 2.48. The average Bonchev–Trinajstić information content (AvgIpc) is 2.74. The van der Waals surface area contributed by atoms with Crippen molar-refractivity contribution in [2.24, 2.45) is 5.73 Å². The molecular weight excluding hydrogens is 224 g/mol. The zero-order valence-electron chi connectivity index (χ0n) is 8.38. The van der Waals surface area contributed by atoms with Crippen molar-refractivity contribution in [2.75, 3.05) is 0 Å². The van der Waals surface area contributed by atoms with Crippen LogP contribution in [-0.4, -0.2) is 16.1 Å². The highest BCUT2D eigenvalue weighted by Crippen LogP contribution is 2.27. The van der Waals surface area contributed by atoms with Crippen LogP contribution in [0.1, 0.15) is 15.4 Å². The molecule has 0 unspecified atom stereocenters. The second-order valence-corrected chi connectivity index (χ2v) is 4.17. The number of rotatable bonds is 3. The van der Waals surface area contributed by atoms with Gasteiger partial charge in [0, 0.05) is 12.1 Å². The molecule has 82 valence electrons. The number of nitrogens with zero attached hydrogens (tertiary/aromatic N) is 1. The summed E-state index contributed by atoms with van der Waals surface area (Å²) in [5, 5.41) is 9.66. The Morgan fingerprint density at radius 1 is 1.38 bits per heavy atom. The summed E-state index contributed by atoms with van der Waals surface area (Å²) in [7, 11) is 0. The van der Waals surface area contributed by atoms with Crippen molar-refractivity contribution in [1.82, 2.24) is 4.98 Å². The third kappa shape index (κ3) is 1.95. The van der Waals surface area contributed by atoms with E-state index in [-0.39, 0.29) is 11.4 Å². The quantitative estimate of drug-likeness (QED) is 0.851. The number of carboxylic acids is 1. The SMILES string of the molecule is NCc1nc(-c2ccccc2)sc1C(=O)O. The van der Waals surface area contributed by atoms with Crippen molar-refractivity contribution in [3.8, 4) is 10.6 Å². The van der Waals surface area contributed by atoms with Crippen LogP contribution >= 0.6 is 11.3 Å². The summed E-state index contributed by atoms with van der Waals surface area (Å²) in [5.74, 6) is -0.972. The van der Waals surface area contributed by atoms with Crippen molar-refractivity contribution in [1.29, 1.82) is 0 Å². The van der Waals surface area contributed by atoms with Gasteiger partial charge in [0.05, 0.1) is 5.69 Å². The first-order valence-electron chi connectivity index (χ1n) is 4.71. The van der Waals surface area contributed by atoms with Gasteiger partial charge in [-0.2, -0.15) is 0 Å². The number of benzene rings is 1. The Labute approximate surface area is 96.4 Å². The number of hydrogen-bond acceptors (Lipinski definition) is 4. The van der Waals surface area contributed by atoms with Gasteiger partial charge < -0.3 is 10.8 Å². The third-order valence-electron chi connectivity index (χ3n) is 2.11. The van der Waals surface area contributed by atoms with Crippen LogP contribution in [0.3, 0.4) is 0 Å². The van der Waals surface area contributed by atoms with E-state index in [1.165, 1.54) is 0 Å². The summed E-state index contributed by atoms with van der Waals surface area (Å²) in [6, 6.07) is 9.47. The number of carbonyl (C=O) groups is 1. The minimum Gasteiger partial charge on any atom is -0.477 e. The largest absolute Gasteiger partial charge is 0.477 e. The molecule has 2 aromatic rings. The molecule has 0 amide bonds. The highest BCUT2D eigenvalue weighted by molar-refractivity contribution is 7.17. The van der Waals surface area contributed by atoms with E-state index in [1.807, 2.05) is 30.3 Å². The second kappa shape index (κ2) is 4.42. The maximum Gasteiger partial charge on any atom is 0.347 e. The molecule has 1 aromatic carbocycles. The van der Waals surface area contributed by atoms with Crippen LogP contribution in [-0.2, 0) is 6.54 Å². The molecule has 0 spiro atoms. The molecule has 0 saturated carbocycles. The summed E-state index contributed by atoms with van der Waals surface area (Å²) in [4.78, 5) is 15.4. The zero-order valence-corrected chi connectivity index (χ0v) is 9.20. The number of nitrogens with two attached hydrogens (primary N) is 1. The molecule has 0 aliphatic carbocycles. The first-order valence-corrected chi connectivity index (χ1v) is 5.52. The second-order valence-electron chi connectivity index (χ2n) is 3.17. The lowest BCUT2D eigenvalue weighted by molar-refractivity contribution is 0.0700. The molecule has 3 N–H and O–H groups in total. The molecule has 0 bridgehead atoms. The molecule has 1 aromatic heterocycles. The minimum absolute atomic E-state index is 0.144. The van der Waals surface area contributed by atoms with Gasteiger partial charge in [-0.15, -0.1) is 11.3 Å². The number of aromatic nitrogens is 1. The van der Waals surface area contributed by atoms with Crippen molar-refractivity contribution in [3.05, 3.63) is 40.9 Å². The summed E-state index contributed by atoms with van der Waals surface area (Å²) < 4.78 is 0. The first kappa shape index (κ1) is 10.8. The van der Waals surface area contributed by atoms with E-state index in [0.717, 1.165) is 16.9 Å². The van der Waals surface area contributed by atoms with Crippen molar-refractivity contribution in [2.45, 2.75) is 6.54 Å². The molecule has 0 aliphatic rings. The molecule has 0 aliphatic heterocycles. The summed E-state index contributed by atoms with van der Waals surface area (Å²) in [5.41, 5.74) is 6.81. The summed E-state index contributed by atoms with van der Waals surface area (Å²) in [6.45, 7) is 0.144. The Bertz CT molecular complexity index is 508. The van der Waals surface area contributed by atoms with Crippen LogP contribution in [0.25, 0.3) is 10.6 Å².